The molecule has 94 valence electrons. The maximum atomic E-state index is 11.9. The van der Waals surface area contributed by atoms with E-state index in [1.54, 1.807) is 7.11 Å². The number of rotatable bonds is 5. The van der Waals surface area contributed by atoms with Crippen LogP contribution >= 0.6 is 0 Å². The van der Waals surface area contributed by atoms with Crippen LogP contribution in [0.4, 0.5) is 0 Å². The molecule has 0 spiro atoms. The molecule has 0 radical (unpaired) electrons. The van der Waals surface area contributed by atoms with Crippen molar-refractivity contribution in [1.29, 1.82) is 0 Å². The fourth-order valence-electron chi connectivity index (χ4n) is 1.99. The van der Waals surface area contributed by atoms with E-state index in [-0.39, 0.29) is 5.97 Å². The van der Waals surface area contributed by atoms with Gasteiger partial charge in [-0.25, -0.2) is 0 Å². The molecule has 1 heterocycles. The van der Waals surface area contributed by atoms with E-state index in [1.165, 1.54) is 7.11 Å². The third kappa shape index (κ3) is 3.43. The lowest BCUT2D eigenvalue weighted by Crippen LogP contribution is -2.53. The van der Waals surface area contributed by atoms with Gasteiger partial charge in [0.25, 0.3) is 0 Å². The molecule has 0 saturated carbocycles. The lowest BCUT2D eigenvalue weighted by atomic mass is 9.90. The molecule has 5 nitrogen and oxygen atoms in total. The van der Waals surface area contributed by atoms with Crippen LogP contribution in [0.1, 0.15) is 19.3 Å². The maximum absolute atomic E-state index is 11.9. The number of nitrogens with one attached hydrogen (secondary N) is 1. The molecule has 0 aliphatic carbocycles. The third-order valence-corrected chi connectivity index (χ3v) is 2.91. The fourth-order valence-corrected chi connectivity index (χ4v) is 1.99. The Morgan fingerprint density at radius 2 is 2.19 bits per heavy atom. The van der Waals surface area contributed by atoms with Crippen molar-refractivity contribution in [1.82, 2.24) is 5.32 Å². The number of carbonyl (C=O) groups is 1. The summed E-state index contributed by atoms with van der Waals surface area (Å²) in [6.07, 6.45) is 2.28. The van der Waals surface area contributed by atoms with Crippen molar-refractivity contribution in [2.75, 3.05) is 40.6 Å². The van der Waals surface area contributed by atoms with Gasteiger partial charge < -0.3 is 14.2 Å². The first-order valence-corrected chi connectivity index (χ1v) is 5.65. The summed E-state index contributed by atoms with van der Waals surface area (Å²) in [5.74, 6) is -0.200. The number of carbonyl (C=O) groups excluding carboxylic acids is 1. The highest BCUT2D eigenvalue weighted by Gasteiger charge is 2.39. The van der Waals surface area contributed by atoms with Crippen LogP contribution < -0.4 is 5.32 Å². The van der Waals surface area contributed by atoms with E-state index in [0.29, 0.717) is 32.8 Å². The highest BCUT2D eigenvalue weighted by atomic mass is 16.5. The van der Waals surface area contributed by atoms with Crippen LogP contribution in [0.3, 0.4) is 0 Å². The molecule has 0 bridgehead atoms. The lowest BCUT2D eigenvalue weighted by Gasteiger charge is -2.30. The van der Waals surface area contributed by atoms with E-state index in [9.17, 15) is 4.79 Å². The van der Waals surface area contributed by atoms with Crippen LogP contribution in [0, 0.1) is 0 Å². The smallest absolute Gasteiger partial charge is 0.326 e. The summed E-state index contributed by atoms with van der Waals surface area (Å²) >= 11 is 0. The molecule has 0 aromatic rings. The Hall–Kier alpha value is -0.650. The fraction of sp³-hybridized carbons (Fsp3) is 0.909. The molecule has 1 N–H and O–H groups in total. The van der Waals surface area contributed by atoms with Crippen LogP contribution in [-0.4, -0.2) is 52.1 Å². The molecule has 1 aliphatic rings. The quantitative estimate of drug-likeness (QED) is 0.546. The van der Waals surface area contributed by atoms with Crippen LogP contribution in [0.5, 0.6) is 0 Å². The van der Waals surface area contributed by atoms with Crippen molar-refractivity contribution in [3.8, 4) is 0 Å². The minimum atomic E-state index is -0.593. The van der Waals surface area contributed by atoms with Crippen molar-refractivity contribution in [3.63, 3.8) is 0 Å². The monoisotopic (exact) mass is 231 g/mol. The van der Waals surface area contributed by atoms with Gasteiger partial charge in [-0.1, -0.05) is 0 Å². The van der Waals surface area contributed by atoms with Crippen LogP contribution in [0.25, 0.3) is 0 Å². The summed E-state index contributed by atoms with van der Waals surface area (Å²) < 4.78 is 15.2. The van der Waals surface area contributed by atoms with E-state index in [4.69, 9.17) is 14.2 Å². The van der Waals surface area contributed by atoms with E-state index in [0.717, 1.165) is 12.8 Å². The standard InChI is InChI=1S/C11H21NO4/c1-14-9-6-12-11(10(13)15-2)4-3-7-16-8-5-11/h12H,3-9H2,1-2H3. The summed E-state index contributed by atoms with van der Waals surface area (Å²) in [6.45, 7) is 2.53. The molecular formula is C11H21NO4. The Balaban J connectivity index is 2.61. The maximum Gasteiger partial charge on any atom is 0.326 e. The highest BCUT2D eigenvalue weighted by Crippen LogP contribution is 2.22. The van der Waals surface area contributed by atoms with Crippen molar-refractivity contribution in [2.24, 2.45) is 0 Å². The zero-order valence-electron chi connectivity index (χ0n) is 10.1. The van der Waals surface area contributed by atoms with Crippen LogP contribution in [0.2, 0.25) is 0 Å². The van der Waals surface area contributed by atoms with E-state index in [1.807, 2.05) is 0 Å². The summed E-state index contributed by atoms with van der Waals surface area (Å²) in [7, 11) is 3.07. The van der Waals surface area contributed by atoms with Gasteiger partial charge in [-0.05, 0) is 19.3 Å². The molecule has 0 aromatic carbocycles. The number of methoxy groups -OCH3 is 2. The predicted octanol–water partition coefficient (Wildman–Crippen LogP) is 0.335. The molecule has 16 heavy (non-hydrogen) atoms. The van der Waals surface area contributed by atoms with Crippen molar-refractivity contribution >= 4 is 5.97 Å². The Kier molecular flexibility index (Phi) is 5.73. The van der Waals surface area contributed by atoms with Gasteiger partial charge in [0.05, 0.1) is 13.7 Å². The second kappa shape index (κ2) is 6.83. The molecule has 1 atom stereocenters. The normalized spacial score (nSPS) is 26.1. The molecule has 1 unspecified atom stereocenters. The van der Waals surface area contributed by atoms with Gasteiger partial charge in [0.1, 0.15) is 5.54 Å². The van der Waals surface area contributed by atoms with Gasteiger partial charge in [0.2, 0.25) is 0 Å². The number of hydrogen-bond donors (Lipinski definition) is 1. The van der Waals surface area contributed by atoms with Gasteiger partial charge in [0.15, 0.2) is 0 Å². The van der Waals surface area contributed by atoms with Gasteiger partial charge in [-0.15, -0.1) is 0 Å². The molecule has 1 rings (SSSR count). The second-order valence-corrected chi connectivity index (χ2v) is 3.96. The highest BCUT2D eigenvalue weighted by molar-refractivity contribution is 5.80. The van der Waals surface area contributed by atoms with E-state index in [2.05, 4.69) is 5.32 Å². The Bertz CT molecular complexity index is 212. The number of ether oxygens (including phenoxy) is 3. The first-order valence-electron chi connectivity index (χ1n) is 5.65. The summed E-state index contributed by atoms with van der Waals surface area (Å²) in [4.78, 5) is 11.9. The molecular weight excluding hydrogens is 210 g/mol. The largest absolute Gasteiger partial charge is 0.468 e. The van der Waals surface area contributed by atoms with Gasteiger partial charge in [-0.2, -0.15) is 0 Å². The first-order chi connectivity index (χ1) is 7.75. The van der Waals surface area contributed by atoms with Crippen molar-refractivity contribution in [3.05, 3.63) is 0 Å². The number of hydrogen-bond acceptors (Lipinski definition) is 5. The SMILES string of the molecule is COCCNC1(C(=O)OC)CCCOCC1. The molecule has 0 amide bonds. The topological polar surface area (TPSA) is 56.8 Å². The molecule has 0 aromatic heterocycles. The molecule has 1 saturated heterocycles. The van der Waals surface area contributed by atoms with Crippen molar-refractivity contribution in [2.45, 2.75) is 24.8 Å². The third-order valence-electron chi connectivity index (χ3n) is 2.91. The average Bonchev–Trinajstić information content (AvgIpc) is 2.55. The second-order valence-electron chi connectivity index (χ2n) is 3.96. The van der Waals surface area contributed by atoms with Crippen LogP contribution in [0.15, 0.2) is 0 Å². The van der Waals surface area contributed by atoms with Gasteiger partial charge in [0, 0.05) is 26.9 Å². The van der Waals surface area contributed by atoms with E-state index < -0.39 is 5.54 Å². The Morgan fingerprint density at radius 3 is 2.88 bits per heavy atom. The lowest BCUT2D eigenvalue weighted by molar-refractivity contribution is -0.149. The van der Waals surface area contributed by atoms with E-state index >= 15 is 0 Å². The molecule has 1 aliphatic heterocycles. The predicted molar refractivity (Wildman–Crippen MR) is 59.3 cm³/mol. The average molecular weight is 231 g/mol. The summed E-state index contributed by atoms with van der Waals surface area (Å²) in [5.41, 5.74) is -0.593. The Morgan fingerprint density at radius 1 is 1.38 bits per heavy atom. The van der Waals surface area contributed by atoms with Gasteiger partial charge in [-0.3, -0.25) is 10.1 Å². The zero-order valence-corrected chi connectivity index (χ0v) is 10.1. The Labute approximate surface area is 96.4 Å². The van der Waals surface area contributed by atoms with Crippen molar-refractivity contribution < 1.29 is 19.0 Å². The minimum absolute atomic E-state index is 0.200. The molecule has 5 heteroatoms. The number of esters is 1. The zero-order chi connectivity index (χ0) is 11.9. The van der Waals surface area contributed by atoms with Crippen LogP contribution in [-0.2, 0) is 19.0 Å². The molecule has 1 fully saturated rings. The summed E-state index contributed by atoms with van der Waals surface area (Å²) in [5, 5.41) is 3.25. The first kappa shape index (κ1) is 13.4. The summed E-state index contributed by atoms with van der Waals surface area (Å²) in [6, 6.07) is 0. The minimum Gasteiger partial charge on any atom is -0.468 e. The van der Waals surface area contributed by atoms with Gasteiger partial charge >= 0.3 is 5.97 Å².